The number of hydrogen-bond donors (Lipinski definition) is 3. The summed E-state index contributed by atoms with van der Waals surface area (Å²) >= 11 is 0. The molecular formula is C11H20N2O3. The first-order valence-corrected chi connectivity index (χ1v) is 5.93. The molecule has 0 bridgehead atoms. The minimum Gasteiger partial charge on any atom is -0.387 e. The molecule has 2 aliphatic rings. The molecule has 0 aromatic carbocycles. The second-order valence-electron chi connectivity index (χ2n) is 4.93. The van der Waals surface area contributed by atoms with Crippen molar-refractivity contribution in [3.8, 4) is 0 Å². The van der Waals surface area contributed by atoms with Gasteiger partial charge in [0.15, 0.2) is 0 Å². The van der Waals surface area contributed by atoms with E-state index in [0.29, 0.717) is 26.1 Å². The summed E-state index contributed by atoms with van der Waals surface area (Å²) < 4.78 is 5.37. The third-order valence-corrected chi connectivity index (χ3v) is 3.46. The van der Waals surface area contributed by atoms with E-state index in [4.69, 9.17) is 4.74 Å². The second kappa shape index (κ2) is 4.69. The SMILES string of the molecule is CC1CCOC1C(=O)NCC1(O)CCNC1. The molecule has 0 aromatic rings. The van der Waals surface area contributed by atoms with E-state index in [0.717, 1.165) is 13.0 Å². The Morgan fingerprint density at radius 3 is 3.06 bits per heavy atom. The highest BCUT2D eigenvalue weighted by molar-refractivity contribution is 5.81. The molecule has 0 aromatic heterocycles. The van der Waals surface area contributed by atoms with Crippen LogP contribution in [0.25, 0.3) is 0 Å². The lowest BCUT2D eigenvalue weighted by Crippen LogP contribution is -2.48. The van der Waals surface area contributed by atoms with Crippen LogP contribution in [0.4, 0.5) is 0 Å². The van der Waals surface area contributed by atoms with Gasteiger partial charge in [0.25, 0.3) is 0 Å². The van der Waals surface area contributed by atoms with Crippen LogP contribution < -0.4 is 10.6 Å². The molecule has 2 fully saturated rings. The molecule has 3 unspecified atom stereocenters. The number of β-amino-alcohol motifs (C(OH)–C–C–N with tert-alkyl or cyclic N) is 1. The Bertz CT molecular complexity index is 264. The lowest BCUT2D eigenvalue weighted by atomic mass is 10.0. The van der Waals surface area contributed by atoms with Crippen molar-refractivity contribution in [2.24, 2.45) is 5.92 Å². The van der Waals surface area contributed by atoms with Crippen LogP contribution in [0.1, 0.15) is 19.8 Å². The van der Waals surface area contributed by atoms with Crippen molar-refractivity contribution in [2.75, 3.05) is 26.2 Å². The van der Waals surface area contributed by atoms with Gasteiger partial charge in [-0.25, -0.2) is 0 Å². The standard InChI is InChI=1S/C11H20N2O3/c1-8-2-5-16-9(8)10(14)13-7-11(15)3-4-12-6-11/h8-9,12,15H,2-7H2,1H3,(H,13,14). The zero-order valence-electron chi connectivity index (χ0n) is 9.66. The fraction of sp³-hybridized carbons (Fsp3) is 0.909. The van der Waals surface area contributed by atoms with Crippen molar-refractivity contribution in [3.05, 3.63) is 0 Å². The van der Waals surface area contributed by atoms with Gasteiger partial charge in [-0.05, 0) is 25.3 Å². The predicted molar refractivity (Wildman–Crippen MR) is 59.0 cm³/mol. The third kappa shape index (κ3) is 2.53. The van der Waals surface area contributed by atoms with Crippen molar-refractivity contribution < 1.29 is 14.6 Å². The van der Waals surface area contributed by atoms with Crippen LogP contribution in [0, 0.1) is 5.92 Å². The number of aliphatic hydroxyl groups is 1. The van der Waals surface area contributed by atoms with E-state index < -0.39 is 5.60 Å². The monoisotopic (exact) mass is 228 g/mol. The average Bonchev–Trinajstić information content (AvgIpc) is 2.85. The highest BCUT2D eigenvalue weighted by Crippen LogP contribution is 2.20. The molecule has 92 valence electrons. The third-order valence-electron chi connectivity index (χ3n) is 3.46. The predicted octanol–water partition coefficient (Wildman–Crippen LogP) is -0.748. The van der Waals surface area contributed by atoms with Crippen molar-refractivity contribution in [2.45, 2.75) is 31.5 Å². The first kappa shape index (κ1) is 11.8. The summed E-state index contributed by atoms with van der Waals surface area (Å²) in [7, 11) is 0. The molecule has 16 heavy (non-hydrogen) atoms. The van der Waals surface area contributed by atoms with Gasteiger partial charge in [0, 0.05) is 19.7 Å². The van der Waals surface area contributed by atoms with E-state index in [1.165, 1.54) is 0 Å². The van der Waals surface area contributed by atoms with Crippen molar-refractivity contribution in [3.63, 3.8) is 0 Å². The van der Waals surface area contributed by atoms with Gasteiger partial charge in [-0.15, -0.1) is 0 Å². The topological polar surface area (TPSA) is 70.6 Å². The molecule has 5 nitrogen and oxygen atoms in total. The summed E-state index contributed by atoms with van der Waals surface area (Å²) in [5.74, 6) is 0.182. The van der Waals surface area contributed by atoms with Crippen LogP contribution in [0.5, 0.6) is 0 Å². The van der Waals surface area contributed by atoms with Gasteiger partial charge in [-0.3, -0.25) is 4.79 Å². The van der Waals surface area contributed by atoms with Gasteiger partial charge in [0.05, 0.1) is 5.60 Å². The maximum atomic E-state index is 11.8. The molecule has 2 rings (SSSR count). The van der Waals surface area contributed by atoms with Crippen LogP contribution in [0.3, 0.4) is 0 Å². The highest BCUT2D eigenvalue weighted by Gasteiger charge is 2.35. The fourth-order valence-corrected chi connectivity index (χ4v) is 2.26. The minimum absolute atomic E-state index is 0.0923. The second-order valence-corrected chi connectivity index (χ2v) is 4.93. The van der Waals surface area contributed by atoms with Gasteiger partial charge in [0.2, 0.25) is 5.91 Å². The molecule has 0 spiro atoms. The van der Waals surface area contributed by atoms with E-state index >= 15 is 0 Å². The summed E-state index contributed by atoms with van der Waals surface area (Å²) in [6.45, 7) is 4.34. The Labute approximate surface area is 95.5 Å². The number of ether oxygens (including phenoxy) is 1. The lowest BCUT2D eigenvalue weighted by molar-refractivity contribution is -0.132. The Balaban J connectivity index is 1.79. The maximum absolute atomic E-state index is 11.8. The molecule has 2 aliphatic heterocycles. The first-order valence-electron chi connectivity index (χ1n) is 5.93. The summed E-state index contributed by atoms with van der Waals surface area (Å²) in [6.07, 6.45) is 1.29. The van der Waals surface area contributed by atoms with Crippen molar-refractivity contribution >= 4 is 5.91 Å². The van der Waals surface area contributed by atoms with Crippen LogP contribution in [0.2, 0.25) is 0 Å². The number of carbonyl (C=O) groups excluding carboxylic acids is 1. The van der Waals surface area contributed by atoms with Gasteiger partial charge in [-0.1, -0.05) is 6.92 Å². The van der Waals surface area contributed by atoms with Crippen LogP contribution in [-0.2, 0) is 9.53 Å². The molecule has 0 saturated carbocycles. The summed E-state index contributed by atoms with van der Waals surface area (Å²) in [6, 6.07) is 0. The molecule has 0 radical (unpaired) electrons. The number of rotatable bonds is 3. The molecule has 1 amide bonds. The van der Waals surface area contributed by atoms with Gasteiger partial charge in [-0.2, -0.15) is 0 Å². The highest BCUT2D eigenvalue weighted by atomic mass is 16.5. The fourth-order valence-electron chi connectivity index (χ4n) is 2.26. The molecular weight excluding hydrogens is 208 g/mol. The van der Waals surface area contributed by atoms with Crippen molar-refractivity contribution in [1.82, 2.24) is 10.6 Å². The molecule has 5 heteroatoms. The van der Waals surface area contributed by atoms with E-state index in [-0.39, 0.29) is 17.9 Å². The first-order chi connectivity index (χ1) is 7.61. The summed E-state index contributed by atoms with van der Waals surface area (Å²) in [5, 5.41) is 15.9. The average molecular weight is 228 g/mol. The Hall–Kier alpha value is -0.650. The van der Waals surface area contributed by atoms with Crippen LogP contribution in [-0.4, -0.2) is 49.0 Å². The maximum Gasteiger partial charge on any atom is 0.249 e. The molecule has 2 heterocycles. The number of amides is 1. The van der Waals surface area contributed by atoms with Gasteiger partial charge < -0.3 is 20.5 Å². The van der Waals surface area contributed by atoms with Gasteiger partial charge >= 0.3 is 0 Å². The largest absolute Gasteiger partial charge is 0.387 e. The van der Waals surface area contributed by atoms with E-state index in [1.807, 2.05) is 6.92 Å². The lowest BCUT2D eigenvalue weighted by Gasteiger charge is -2.23. The smallest absolute Gasteiger partial charge is 0.249 e. The quantitative estimate of drug-likeness (QED) is 0.594. The number of nitrogens with one attached hydrogen (secondary N) is 2. The molecule has 2 saturated heterocycles. The molecule has 3 atom stereocenters. The summed E-state index contributed by atoms with van der Waals surface area (Å²) in [5.41, 5.74) is -0.780. The Morgan fingerprint density at radius 2 is 2.50 bits per heavy atom. The normalized spacial score (nSPS) is 38.9. The van der Waals surface area contributed by atoms with Gasteiger partial charge in [0.1, 0.15) is 6.10 Å². The van der Waals surface area contributed by atoms with Crippen LogP contribution in [0.15, 0.2) is 0 Å². The Kier molecular flexibility index (Phi) is 3.47. The number of carbonyl (C=O) groups is 1. The Morgan fingerprint density at radius 1 is 1.69 bits per heavy atom. The van der Waals surface area contributed by atoms with E-state index in [1.54, 1.807) is 0 Å². The molecule has 0 aliphatic carbocycles. The minimum atomic E-state index is -0.780. The number of hydrogen-bond acceptors (Lipinski definition) is 4. The van der Waals surface area contributed by atoms with E-state index in [2.05, 4.69) is 10.6 Å². The zero-order chi connectivity index (χ0) is 11.6. The zero-order valence-corrected chi connectivity index (χ0v) is 9.66. The van der Waals surface area contributed by atoms with E-state index in [9.17, 15) is 9.90 Å². The molecule has 3 N–H and O–H groups in total. The summed E-state index contributed by atoms with van der Waals surface area (Å²) in [4.78, 5) is 11.8. The van der Waals surface area contributed by atoms with Crippen LogP contribution >= 0.6 is 0 Å². The van der Waals surface area contributed by atoms with Crippen molar-refractivity contribution in [1.29, 1.82) is 0 Å².